The molecule has 53 heavy (non-hydrogen) atoms. The summed E-state index contributed by atoms with van der Waals surface area (Å²) < 4.78 is 34.2. The lowest BCUT2D eigenvalue weighted by Gasteiger charge is -2.24. The van der Waals surface area contributed by atoms with Crippen LogP contribution in [0, 0.1) is 0 Å². The summed E-state index contributed by atoms with van der Waals surface area (Å²) in [6, 6.07) is 0. The van der Waals surface area contributed by atoms with Gasteiger partial charge in [0.2, 0.25) is 0 Å². The third-order valence-corrected chi connectivity index (χ3v) is 10.2. The van der Waals surface area contributed by atoms with Crippen LogP contribution in [0.2, 0.25) is 0 Å². The van der Waals surface area contributed by atoms with Crippen LogP contribution in [0.5, 0.6) is 0 Å². The highest BCUT2D eigenvalue weighted by atomic mass is 31.2. The van der Waals surface area contributed by atoms with Crippen molar-refractivity contribution < 1.29 is 42.1 Å². The molecule has 1 unspecified atom stereocenters. The van der Waals surface area contributed by atoms with Crippen molar-refractivity contribution in [2.75, 3.05) is 47.5 Å². The Kier molecular flexibility index (Phi) is 35.1. The van der Waals surface area contributed by atoms with Gasteiger partial charge in [0, 0.05) is 12.8 Å². The highest BCUT2D eigenvalue weighted by molar-refractivity contribution is 7.47. The number of hydrogen-bond acceptors (Lipinski definition) is 7. The number of allylic oxidation sites excluding steroid dienone is 4. The van der Waals surface area contributed by atoms with E-state index in [1.807, 2.05) is 21.1 Å². The first-order valence-electron chi connectivity index (χ1n) is 21.6. The molecule has 0 heterocycles. The van der Waals surface area contributed by atoms with Crippen LogP contribution in [0.25, 0.3) is 0 Å². The first kappa shape index (κ1) is 51.5. The van der Waals surface area contributed by atoms with Crippen LogP contribution in [-0.2, 0) is 32.7 Å². The standard InChI is InChI=1S/C43H82NO8P/c1-6-8-10-12-14-16-18-20-22-24-25-27-29-31-33-35-42(45)49-39-41(40-51-53(47,48)50-38-37-44(3,4)5)52-43(46)36-34-32-30-28-26-23-21-19-17-15-13-11-9-7-2/h20,22,25,27,41H,6-19,21,23-24,26,28-40H2,1-5H3/p+1/b22-20+,27-25+/t41-/m1/s1. The van der Waals surface area contributed by atoms with Gasteiger partial charge in [-0.05, 0) is 44.9 Å². The molecule has 0 aliphatic heterocycles. The molecule has 9 nitrogen and oxygen atoms in total. The first-order valence-corrected chi connectivity index (χ1v) is 23.1. The Morgan fingerprint density at radius 1 is 0.585 bits per heavy atom. The molecule has 2 atom stereocenters. The Morgan fingerprint density at radius 2 is 1.02 bits per heavy atom. The SMILES string of the molecule is CCCCCCCC/C=C/C/C=C/CCCCC(=O)OC[C@H](COP(=O)(O)OCC[N+](C)(C)C)OC(=O)CCCCCCCCCCCCCCCC. The number of phosphoric acid groups is 1. The normalized spacial score (nSPS) is 13.8. The van der Waals surface area contributed by atoms with Crippen molar-refractivity contribution in [1.29, 1.82) is 0 Å². The van der Waals surface area contributed by atoms with Crippen LogP contribution in [0.1, 0.15) is 187 Å². The minimum Gasteiger partial charge on any atom is -0.462 e. The summed E-state index contributed by atoms with van der Waals surface area (Å²) in [4.78, 5) is 35.3. The molecule has 0 rings (SSSR count). The highest BCUT2D eigenvalue weighted by Crippen LogP contribution is 2.43. The van der Waals surface area contributed by atoms with E-state index >= 15 is 0 Å². The number of nitrogens with zero attached hydrogens (tertiary/aromatic N) is 1. The first-order chi connectivity index (χ1) is 25.5. The van der Waals surface area contributed by atoms with Crippen molar-refractivity contribution in [2.45, 2.75) is 193 Å². The number of carbonyl (C=O) groups is 2. The van der Waals surface area contributed by atoms with Crippen molar-refractivity contribution in [3.05, 3.63) is 24.3 Å². The zero-order valence-corrected chi connectivity index (χ0v) is 35.9. The van der Waals surface area contributed by atoms with Gasteiger partial charge in [-0.2, -0.15) is 0 Å². The number of esters is 2. The molecule has 1 N–H and O–H groups in total. The van der Waals surface area contributed by atoms with Gasteiger partial charge in [0.25, 0.3) is 0 Å². The summed E-state index contributed by atoms with van der Waals surface area (Å²) in [5.74, 6) is -0.831. The zero-order chi connectivity index (χ0) is 39.3. The largest absolute Gasteiger partial charge is 0.472 e. The van der Waals surface area contributed by atoms with Crippen LogP contribution in [0.3, 0.4) is 0 Å². The minimum absolute atomic E-state index is 0.0288. The number of likely N-dealkylation sites (N-methyl/N-ethyl adjacent to an activating group) is 1. The Labute approximate surface area is 326 Å². The second-order valence-electron chi connectivity index (χ2n) is 15.7. The molecule has 10 heteroatoms. The van der Waals surface area contributed by atoms with E-state index in [0.717, 1.165) is 38.5 Å². The molecule has 0 aliphatic carbocycles. The maximum atomic E-state index is 12.7. The molecule has 0 saturated carbocycles. The van der Waals surface area contributed by atoms with Crippen LogP contribution >= 0.6 is 7.82 Å². The maximum Gasteiger partial charge on any atom is 0.472 e. The summed E-state index contributed by atoms with van der Waals surface area (Å²) >= 11 is 0. The molecule has 0 fully saturated rings. The predicted molar refractivity (Wildman–Crippen MR) is 220 cm³/mol. The van der Waals surface area contributed by atoms with Gasteiger partial charge in [-0.3, -0.25) is 18.6 Å². The summed E-state index contributed by atoms with van der Waals surface area (Å²) in [5, 5.41) is 0. The molecular formula is C43H83NO8P+. The van der Waals surface area contributed by atoms with Crippen molar-refractivity contribution in [3.63, 3.8) is 0 Å². The molecular weight excluding hydrogens is 689 g/mol. The Balaban J connectivity index is 4.41. The monoisotopic (exact) mass is 773 g/mol. The number of ether oxygens (including phenoxy) is 2. The van der Waals surface area contributed by atoms with Crippen LogP contribution < -0.4 is 0 Å². The van der Waals surface area contributed by atoms with Crippen molar-refractivity contribution in [3.8, 4) is 0 Å². The van der Waals surface area contributed by atoms with Crippen LogP contribution in [-0.4, -0.2) is 74.9 Å². The topological polar surface area (TPSA) is 108 Å². The molecule has 0 radical (unpaired) electrons. The summed E-state index contributed by atoms with van der Waals surface area (Å²) in [5.41, 5.74) is 0. The number of phosphoric ester groups is 1. The Morgan fingerprint density at radius 3 is 1.53 bits per heavy atom. The molecule has 0 aromatic rings. The predicted octanol–water partition coefficient (Wildman–Crippen LogP) is 12.0. The van der Waals surface area contributed by atoms with Gasteiger partial charge in [0.05, 0.1) is 27.7 Å². The van der Waals surface area contributed by atoms with Crippen LogP contribution in [0.4, 0.5) is 0 Å². The quantitative estimate of drug-likeness (QED) is 0.0216. The van der Waals surface area contributed by atoms with E-state index in [4.69, 9.17) is 18.5 Å². The number of rotatable bonds is 39. The second kappa shape index (κ2) is 36.1. The molecule has 0 spiro atoms. The molecule has 0 bridgehead atoms. The smallest absolute Gasteiger partial charge is 0.462 e. The number of hydrogen-bond donors (Lipinski definition) is 1. The van der Waals surface area contributed by atoms with Gasteiger partial charge in [-0.15, -0.1) is 0 Å². The highest BCUT2D eigenvalue weighted by Gasteiger charge is 2.27. The third kappa shape index (κ3) is 40.0. The molecule has 0 aromatic carbocycles. The van der Waals surface area contributed by atoms with Gasteiger partial charge < -0.3 is 18.9 Å². The van der Waals surface area contributed by atoms with E-state index in [0.29, 0.717) is 23.9 Å². The van der Waals surface area contributed by atoms with Gasteiger partial charge in [-0.25, -0.2) is 4.57 Å². The number of unbranched alkanes of at least 4 members (excludes halogenated alkanes) is 21. The number of quaternary nitrogens is 1. The van der Waals surface area contributed by atoms with E-state index in [1.54, 1.807) is 0 Å². The number of carbonyl (C=O) groups excluding carboxylic acids is 2. The fraction of sp³-hybridized carbons (Fsp3) is 0.860. The molecule has 0 amide bonds. The lowest BCUT2D eigenvalue weighted by Crippen LogP contribution is -2.37. The Bertz CT molecular complexity index is 964. The minimum atomic E-state index is -4.37. The van der Waals surface area contributed by atoms with Crippen molar-refractivity contribution in [1.82, 2.24) is 0 Å². The van der Waals surface area contributed by atoms with Gasteiger partial charge in [0.1, 0.15) is 19.8 Å². The fourth-order valence-corrected chi connectivity index (χ4v) is 6.55. The summed E-state index contributed by atoms with van der Waals surface area (Å²) in [7, 11) is 1.47. The molecule has 0 aliphatic rings. The average molecular weight is 773 g/mol. The van der Waals surface area contributed by atoms with E-state index in [9.17, 15) is 19.0 Å². The zero-order valence-electron chi connectivity index (χ0n) is 35.0. The van der Waals surface area contributed by atoms with Gasteiger partial charge in [0.15, 0.2) is 6.10 Å². The van der Waals surface area contributed by atoms with E-state index in [2.05, 4.69) is 38.2 Å². The molecule has 312 valence electrons. The maximum absolute atomic E-state index is 12.7. The molecule has 0 saturated heterocycles. The average Bonchev–Trinajstić information content (AvgIpc) is 3.10. The molecule has 0 aromatic heterocycles. The van der Waals surface area contributed by atoms with Crippen LogP contribution in [0.15, 0.2) is 24.3 Å². The van der Waals surface area contributed by atoms with E-state index in [1.165, 1.54) is 109 Å². The van der Waals surface area contributed by atoms with Gasteiger partial charge >= 0.3 is 19.8 Å². The lowest BCUT2D eigenvalue weighted by molar-refractivity contribution is -0.870. The summed E-state index contributed by atoms with van der Waals surface area (Å²) in [6.45, 7) is 4.39. The van der Waals surface area contributed by atoms with E-state index in [-0.39, 0.29) is 26.1 Å². The second-order valence-corrected chi connectivity index (χ2v) is 17.2. The fourth-order valence-electron chi connectivity index (χ4n) is 5.81. The summed E-state index contributed by atoms with van der Waals surface area (Å²) in [6.07, 6.45) is 37.9. The van der Waals surface area contributed by atoms with E-state index < -0.39 is 32.5 Å². The third-order valence-electron chi connectivity index (χ3n) is 9.23. The Hall–Kier alpha value is -1.51. The van der Waals surface area contributed by atoms with Crippen molar-refractivity contribution >= 4 is 19.8 Å². The van der Waals surface area contributed by atoms with Crippen molar-refractivity contribution in [2.24, 2.45) is 0 Å². The van der Waals surface area contributed by atoms with Gasteiger partial charge in [-0.1, -0.05) is 154 Å². The lowest BCUT2D eigenvalue weighted by atomic mass is 10.0.